The maximum atomic E-state index is 12.6. The van der Waals surface area contributed by atoms with E-state index in [1.165, 1.54) is 32.1 Å². The Morgan fingerprint density at radius 3 is 2.45 bits per heavy atom. The van der Waals surface area contributed by atoms with Crippen LogP contribution in [-0.4, -0.2) is 85.2 Å². The summed E-state index contributed by atoms with van der Waals surface area (Å²) in [6.07, 6.45) is 6.87. The summed E-state index contributed by atoms with van der Waals surface area (Å²) in [4.78, 5) is 26.1. The molecule has 7 N–H and O–H groups in total. The number of aliphatic hydroxyl groups is 1. The van der Waals surface area contributed by atoms with Crippen molar-refractivity contribution in [2.45, 2.75) is 38.5 Å². The highest BCUT2D eigenvalue weighted by Crippen LogP contribution is 2.24. The number of anilines is 4. The lowest BCUT2D eigenvalue weighted by Gasteiger charge is -2.21. The third-order valence-corrected chi connectivity index (χ3v) is 6.07. The van der Waals surface area contributed by atoms with Gasteiger partial charge < -0.3 is 41.6 Å². The number of nitrogens with one attached hydrogen (secondary N) is 4. The van der Waals surface area contributed by atoms with E-state index in [0.29, 0.717) is 87.5 Å². The molecule has 0 bridgehead atoms. The van der Waals surface area contributed by atoms with Crippen LogP contribution in [0, 0.1) is 5.92 Å². The number of nitrogens with zero attached hydrogens (tertiary/aromatic N) is 3. The van der Waals surface area contributed by atoms with E-state index in [4.69, 9.17) is 20.3 Å². The van der Waals surface area contributed by atoms with Crippen molar-refractivity contribution in [3.63, 3.8) is 0 Å². The molecule has 1 aliphatic rings. The van der Waals surface area contributed by atoms with Crippen molar-refractivity contribution in [2.24, 2.45) is 11.7 Å². The van der Waals surface area contributed by atoms with Gasteiger partial charge in [0.25, 0.3) is 5.91 Å². The summed E-state index contributed by atoms with van der Waals surface area (Å²) >= 11 is 0. The van der Waals surface area contributed by atoms with Gasteiger partial charge in [-0.05, 0) is 43.4 Å². The predicted octanol–water partition coefficient (Wildman–Crippen LogP) is 2.12. The zero-order valence-electron chi connectivity index (χ0n) is 22.1. The number of aromatic nitrogens is 3. The monoisotopic (exact) mass is 530 g/mol. The second-order valence-electron chi connectivity index (χ2n) is 9.17. The number of hydrogen-bond acceptors (Lipinski definition) is 11. The molecule has 2 aromatic rings. The van der Waals surface area contributed by atoms with E-state index in [1.807, 2.05) is 6.07 Å². The molecule has 1 aliphatic carbocycles. The molecule has 1 aromatic heterocycles. The Balaban J connectivity index is 1.56. The summed E-state index contributed by atoms with van der Waals surface area (Å²) in [5.41, 5.74) is 6.55. The van der Waals surface area contributed by atoms with Crippen LogP contribution in [0.2, 0.25) is 0 Å². The fourth-order valence-electron chi connectivity index (χ4n) is 4.11. The van der Waals surface area contributed by atoms with Crippen molar-refractivity contribution in [1.82, 2.24) is 20.3 Å². The van der Waals surface area contributed by atoms with Gasteiger partial charge >= 0.3 is 0 Å². The number of carbonyl (C=O) groups excluding carboxylic acids is 1. The van der Waals surface area contributed by atoms with Gasteiger partial charge in [0.05, 0.1) is 26.4 Å². The third-order valence-electron chi connectivity index (χ3n) is 6.07. The normalized spacial score (nSPS) is 13.7. The molecule has 0 spiro atoms. The first kappa shape index (κ1) is 29.5. The Hall–Kier alpha value is -3.06. The SMILES string of the molecule is NCCOCCOCCNC(=O)c1cccc(Nc2nc(NCCCO)nc(NCC3CCCCC3)n2)c1. The van der Waals surface area contributed by atoms with Crippen LogP contribution in [0.5, 0.6) is 0 Å². The molecule has 1 saturated carbocycles. The predicted molar refractivity (Wildman–Crippen MR) is 148 cm³/mol. The molecule has 12 heteroatoms. The van der Waals surface area contributed by atoms with E-state index in [-0.39, 0.29) is 12.5 Å². The summed E-state index contributed by atoms with van der Waals surface area (Å²) in [6, 6.07) is 7.13. The summed E-state index contributed by atoms with van der Waals surface area (Å²) in [5.74, 6) is 1.69. The molecule has 12 nitrogen and oxygen atoms in total. The molecule has 1 amide bonds. The van der Waals surface area contributed by atoms with Crippen LogP contribution in [0.15, 0.2) is 24.3 Å². The first-order valence-corrected chi connectivity index (χ1v) is 13.5. The zero-order valence-corrected chi connectivity index (χ0v) is 22.1. The fourth-order valence-corrected chi connectivity index (χ4v) is 4.11. The molecule has 1 aromatic carbocycles. The fraction of sp³-hybridized carbons (Fsp3) is 0.615. The molecule has 3 rings (SSSR count). The maximum absolute atomic E-state index is 12.6. The standard InChI is InChI=1S/C26H42N8O4/c27-10-14-37-16-17-38-15-12-28-23(36)21-8-4-9-22(18-21)31-26-33-24(29-11-5-13-35)32-25(34-26)30-19-20-6-2-1-3-7-20/h4,8-9,18,20,35H,1-3,5-7,10-17,19,27H2,(H,28,36)(H3,29,30,31,32,33,34). The minimum absolute atomic E-state index is 0.0835. The zero-order chi connectivity index (χ0) is 26.8. The number of rotatable bonds is 18. The lowest BCUT2D eigenvalue weighted by atomic mass is 9.89. The first-order valence-electron chi connectivity index (χ1n) is 13.5. The van der Waals surface area contributed by atoms with Gasteiger partial charge in [0.1, 0.15) is 0 Å². The number of nitrogens with two attached hydrogens (primary N) is 1. The molecule has 0 radical (unpaired) electrons. The summed E-state index contributed by atoms with van der Waals surface area (Å²) in [6.45, 7) is 4.15. The van der Waals surface area contributed by atoms with Gasteiger partial charge in [0.15, 0.2) is 0 Å². The Morgan fingerprint density at radius 2 is 1.68 bits per heavy atom. The van der Waals surface area contributed by atoms with E-state index in [9.17, 15) is 4.79 Å². The highest BCUT2D eigenvalue weighted by molar-refractivity contribution is 5.95. The van der Waals surface area contributed by atoms with Crippen molar-refractivity contribution in [1.29, 1.82) is 0 Å². The molecule has 1 fully saturated rings. The van der Waals surface area contributed by atoms with Crippen LogP contribution in [0.3, 0.4) is 0 Å². The van der Waals surface area contributed by atoms with Gasteiger partial charge in [0, 0.05) is 44.0 Å². The second kappa shape index (κ2) is 17.4. The lowest BCUT2D eigenvalue weighted by Crippen LogP contribution is -2.27. The Morgan fingerprint density at radius 1 is 0.947 bits per heavy atom. The average molecular weight is 531 g/mol. The van der Waals surface area contributed by atoms with E-state index < -0.39 is 0 Å². The van der Waals surface area contributed by atoms with Crippen molar-refractivity contribution >= 4 is 29.4 Å². The molecule has 1 heterocycles. The summed E-state index contributed by atoms with van der Waals surface area (Å²) in [5, 5.41) is 21.6. The molecule has 38 heavy (non-hydrogen) atoms. The summed E-state index contributed by atoms with van der Waals surface area (Å²) in [7, 11) is 0. The first-order chi connectivity index (χ1) is 18.7. The van der Waals surface area contributed by atoms with Crippen molar-refractivity contribution in [2.75, 3.05) is 75.2 Å². The van der Waals surface area contributed by atoms with Crippen molar-refractivity contribution < 1.29 is 19.4 Å². The highest BCUT2D eigenvalue weighted by Gasteiger charge is 2.15. The van der Waals surface area contributed by atoms with Crippen LogP contribution in [0.1, 0.15) is 48.9 Å². The summed E-state index contributed by atoms with van der Waals surface area (Å²) < 4.78 is 10.7. The van der Waals surface area contributed by atoms with Gasteiger partial charge in [0.2, 0.25) is 17.8 Å². The molecule has 210 valence electrons. The molecular weight excluding hydrogens is 488 g/mol. The second-order valence-corrected chi connectivity index (χ2v) is 9.17. The topological polar surface area (TPSA) is 169 Å². The van der Waals surface area contributed by atoms with Crippen LogP contribution in [-0.2, 0) is 9.47 Å². The minimum atomic E-state index is -0.200. The molecule has 0 unspecified atom stereocenters. The van der Waals surface area contributed by atoms with Gasteiger partial charge in [-0.25, -0.2) is 0 Å². The largest absolute Gasteiger partial charge is 0.396 e. The number of hydrogen-bond donors (Lipinski definition) is 6. The number of ether oxygens (including phenoxy) is 2. The molecule has 0 atom stereocenters. The van der Waals surface area contributed by atoms with Crippen LogP contribution in [0.25, 0.3) is 0 Å². The van der Waals surface area contributed by atoms with Gasteiger partial charge in [-0.2, -0.15) is 15.0 Å². The van der Waals surface area contributed by atoms with Crippen molar-refractivity contribution in [3.8, 4) is 0 Å². The number of carbonyl (C=O) groups is 1. The lowest BCUT2D eigenvalue weighted by molar-refractivity contribution is 0.0511. The van der Waals surface area contributed by atoms with Gasteiger partial charge in [-0.3, -0.25) is 4.79 Å². The average Bonchev–Trinajstić information content (AvgIpc) is 2.94. The van der Waals surface area contributed by atoms with Crippen LogP contribution in [0.4, 0.5) is 23.5 Å². The Labute approximate surface area is 224 Å². The number of amides is 1. The van der Waals surface area contributed by atoms with Crippen LogP contribution >= 0.6 is 0 Å². The smallest absolute Gasteiger partial charge is 0.251 e. The highest BCUT2D eigenvalue weighted by atomic mass is 16.5. The Bertz CT molecular complexity index is 959. The van der Waals surface area contributed by atoms with Gasteiger partial charge in [-0.15, -0.1) is 0 Å². The Kier molecular flexibility index (Phi) is 13.5. The van der Waals surface area contributed by atoms with E-state index in [0.717, 1.165) is 6.54 Å². The number of benzene rings is 1. The quantitative estimate of drug-likeness (QED) is 0.156. The van der Waals surface area contributed by atoms with Crippen LogP contribution < -0.4 is 27.0 Å². The molecule has 0 saturated heterocycles. The maximum Gasteiger partial charge on any atom is 0.251 e. The minimum Gasteiger partial charge on any atom is -0.396 e. The molecular formula is C26H42N8O4. The van der Waals surface area contributed by atoms with E-state index in [1.54, 1.807) is 18.2 Å². The van der Waals surface area contributed by atoms with Crippen molar-refractivity contribution in [3.05, 3.63) is 29.8 Å². The van der Waals surface area contributed by atoms with E-state index >= 15 is 0 Å². The third kappa shape index (κ3) is 11.1. The molecule has 0 aliphatic heterocycles. The van der Waals surface area contributed by atoms with Gasteiger partial charge in [-0.1, -0.05) is 25.3 Å². The van der Waals surface area contributed by atoms with E-state index in [2.05, 4.69) is 36.2 Å². The number of aliphatic hydroxyl groups excluding tert-OH is 1.